The quantitative estimate of drug-likeness (QED) is 0.807. The molecule has 2 aliphatic heterocycles. The van der Waals surface area contributed by atoms with E-state index < -0.39 is 0 Å². The number of benzene rings is 1. The Hall–Kier alpha value is -1.72. The molecular formula is C16H21N3O2. The van der Waals surface area contributed by atoms with Crippen molar-refractivity contribution in [3.05, 3.63) is 35.9 Å². The van der Waals surface area contributed by atoms with E-state index in [2.05, 4.69) is 10.2 Å². The number of carbonyl (C=O) groups excluding carboxylic acids is 2. The van der Waals surface area contributed by atoms with Crippen molar-refractivity contribution in [1.29, 1.82) is 0 Å². The molecule has 21 heavy (non-hydrogen) atoms. The normalized spacial score (nSPS) is 23.8. The van der Waals surface area contributed by atoms with Crippen molar-refractivity contribution in [1.82, 2.24) is 15.1 Å². The molecule has 2 heterocycles. The summed E-state index contributed by atoms with van der Waals surface area (Å²) in [6.45, 7) is 3.96. The molecule has 0 aliphatic carbocycles. The van der Waals surface area contributed by atoms with Crippen LogP contribution in [0.2, 0.25) is 0 Å². The molecule has 0 spiro atoms. The van der Waals surface area contributed by atoms with Crippen LogP contribution in [0.1, 0.15) is 12.0 Å². The zero-order valence-electron chi connectivity index (χ0n) is 12.1. The zero-order chi connectivity index (χ0) is 14.7. The fourth-order valence-corrected chi connectivity index (χ4v) is 3.07. The largest absolute Gasteiger partial charge is 0.314 e. The van der Waals surface area contributed by atoms with Crippen LogP contribution in [0.3, 0.4) is 0 Å². The number of hydrogen-bond donors (Lipinski definition) is 1. The third kappa shape index (κ3) is 3.14. The molecule has 0 unspecified atom stereocenters. The second-order valence-corrected chi connectivity index (χ2v) is 5.63. The summed E-state index contributed by atoms with van der Waals surface area (Å²) in [5.41, 5.74) is 1.16. The zero-order valence-corrected chi connectivity index (χ0v) is 12.1. The van der Waals surface area contributed by atoms with Crippen LogP contribution in [-0.2, 0) is 16.0 Å². The highest BCUT2D eigenvalue weighted by molar-refractivity contribution is 6.05. The maximum Gasteiger partial charge on any atom is 0.247 e. The molecule has 2 amide bonds. The molecule has 3 rings (SSSR count). The van der Waals surface area contributed by atoms with Gasteiger partial charge in [-0.05, 0) is 12.0 Å². The Labute approximate surface area is 124 Å². The van der Waals surface area contributed by atoms with E-state index in [1.165, 1.54) is 4.90 Å². The Morgan fingerprint density at radius 2 is 1.81 bits per heavy atom. The molecule has 2 fully saturated rings. The van der Waals surface area contributed by atoms with Gasteiger partial charge >= 0.3 is 0 Å². The van der Waals surface area contributed by atoms with Gasteiger partial charge in [0.05, 0.1) is 12.5 Å². The van der Waals surface area contributed by atoms with E-state index in [9.17, 15) is 9.59 Å². The molecule has 0 bridgehead atoms. The second-order valence-electron chi connectivity index (χ2n) is 5.63. The number of nitrogens with one attached hydrogen (secondary N) is 1. The predicted octanol–water partition coefficient (Wildman–Crippen LogP) is 0.262. The number of likely N-dealkylation sites (tertiary alicyclic amines) is 1. The van der Waals surface area contributed by atoms with Gasteiger partial charge in [0.2, 0.25) is 11.8 Å². The molecule has 2 saturated heterocycles. The maximum atomic E-state index is 12.5. The minimum Gasteiger partial charge on any atom is -0.314 e. The third-order valence-electron chi connectivity index (χ3n) is 4.28. The molecule has 1 atom stereocenters. The van der Waals surface area contributed by atoms with Crippen LogP contribution < -0.4 is 5.32 Å². The summed E-state index contributed by atoms with van der Waals surface area (Å²) in [6, 6.07) is 9.74. The van der Waals surface area contributed by atoms with E-state index in [0.717, 1.165) is 38.2 Å². The first-order chi connectivity index (χ1) is 10.3. The highest BCUT2D eigenvalue weighted by Crippen LogP contribution is 2.19. The molecule has 1 aromatic carbocycles. The average Bonchev–Trinajstić information content (AvgIpc) is 2.82. The highest BCUT2D eigenvalue weighted by atomic mass is 16.2. The van der Waals surface area contributed by atoms with Gasteiger partial charge in [0.15, 0.2) is 0 Å². The fourth-order valence-electron chi connectivity index (χ4n) is 3.07. The fraction of sp³-hybridized carbons (Fsp3) is 0.500. The number of piperazine rings is 1. The average molecular weight is 287 g/mol. The Morgan fingerprint density at radius 3 is 2.52 bits per heavy atom. The lowest BCUT2D eigenvalue weighted by Gasteiger charge is -2.31. The minimum absolute atomic E-state index is 0.0159. The summed E-state index contributed by atoms with van der Waals surface area (Å²) in [5, 5.41) is 3.27. The molecular weight excluding hydrogens is 266 g/mol. The van der Waals surface area contributed by atoms with Crippen molar-refractivity contribution in [3.63, 3.8) is 0 Å². The Bertz CT molecular complexity index is 512. The summed E-state index contributed by atoms with van der Waals surface area (Å²) in [7, 11) is 0. The van der Waals surface area contributed by atoms with Crippen LogP contribution >= 0.6 is 0 Å². The number of rotatable bonds is 4. The van der Waals surface area contributed by atoms with E-state index >= 15 is 0 Å². The van der Waals surface area contributed by atoms with Gasteiger partial charge in [-0.1, -0.05) is 30.3 Å². The van der Waals surface area contributed by atoms with Crippen LogP contribution in [0.4, 0.5) is 0 Å². The lowest BCUT2D eigenvalue weighted by atomic mass is 10.1. The van der Waals surface area contributed by atoms with Crippen molar-refractivity contribution in [2.75, 3.05) is 32.7 Å². The van der Waals surface area contributed by atoms with Crippen molar-refractivity contribution >= 4 is 11.8 Å². The van der Waals surface area contributed by atoms with Gasteiger partial charge < -0.3 is 5.32 Å². The topological polar surface area (TPSA) is 52.7 Å². The Morgan fingerprint density at radius 1 is 1.10 bits per heavy atom. The standard InChI is InChI=1S/C16H21N3O2/c20-15-12-14(18-10-7-17-8-11-18)16(21)19(15)9-6-13-4-2-1-3-5-13/h1-5,14,17H,6-12H2/t14-/m0/s1. The smallest absolute Gasteiger partial charge is 0.247 e. The first-order valence-electron chi connectivity index (χ1n) is 7.58. The van der Waals surface area contributed by atoms with E-state index in [0.29, 0.717) is 13.0 Å². The molecule has 0 aromatic heterocycles. The van der Waals surface area contributed by atoms with Gasteiger partial charge in [-0.3, -0.25) is 19.4 Å². The number of imide groups is 1. The molecule has 1 N–H and O–H groups in total. The first-order valence-corrected chi connectivity index (χ1v) is 7.58. The van der Waals surface area contributed by atoms with Crippen LogP contribution in [0.15, 0.2) is 30.3 Å². The number of nitrogens with zero attached hydrogens (tertiary/aromatic N) is 2. The lowest BCUT2D eigenvalue weighted by molar-refractivity contribution is -0.139. The van der Waals surface area contributed by atoms with Gasteiger partial charge in [-0.25, -0.2) is 0 Å². The number of hydrogen-bond acceptors (Lipinski definition) is 4. The van der Waals surface area contributed by atoms with E-state index in [1.54, 1.807) is 0 Å². The van der Waals surface area contributed by atoms with Gasteiger partial charge in [0.1, 0.15) is 0 Å². The van der Waals surface area contributed by atoms with E-state index in [1.807, 2.05) is 30.3 Å². The van der Waals surface area contributed by atoms with Crippen molar-refractivity contribution < 1.29 is 9.59 Å². The predicted molar refractivity (Wildman–Crippen MR) is 79.7 cm³/mol. The van der Waals surface area contributed by atoms with Crippen molar-refractivity contribution in [3.8, 4) is 0 Å². The maximum absolute atomic E-state index is 12.5. The molecule has 0 saturated carbocycles. The van der Waals surface area contributed by atoms with E-state index in [4.69, 9.17) is 0 Å². The number of amides is 2. The molecule has 5 nitrogen and oxygen atoms in total. The van der Waals surface area contributed by atoms with Crippen LogP contribution in [0.5, 0.6) is 0 Å². The van der Waals surface area contributed by atoms with Gasteiger partial charge in [-0.15, -0.1) is 0 Å². The molecule has 0 radical (unpaired) electrons. The first kappa shape index (κ1) is 14.2. The molecule has 112 valence electrons. The molecule has 5 heteroatoms. The van der Waals surface area contributed by atoms with Gasteiger partial charge in [0.25, 0.3) is 0 Å². The van der Waals surface area contributed by atoms with Crippen molar-refractivity contribution in [2.45, 2.75) is 18.9 Å². The van der Waals surface area contributed by atoms with Crippen LogP contribution in [0.25, 0.3) is 0 Å². The summed E-state index contributed by atoms with van der Waals surface area (Å²) in [6.07, 6.45) is 1.07. The van der Waals surface area contributed by atoms with Gasteiger partial charge in [-0.2, -0.15) is 0 Å². The summed E-state index contributed by atoms with van der Waals surface area (Å²) < 4.78 is 0. The van der Waals surface area contributed by atoms with E-state index in [-0.39, 0.29) is 17.9 Å². The van der Waals surface area contributed by atoms with Crippen LogP contribution in [-0.4, -0.2) is 60.4 Å². The minimum atomic E-state index is -0.240. The highest BCUT2D eigenvalue weighted by Gasteiger charge is 2.41. The Kier molecular flexibility index (Phi) is 4.31. The third-order valence-corrected chi connectivity index (χ3v) is 4.28. The molecule has 1 aromatic rings. The van der Waals surface area contributed by atoms with Gasteiger partial charge in [0, 0.05) is 32.7 Å². The Balaban J connectivity index is 1.61. The second kappa shape index (κ2) is 6.37. The monoisotopic (exact) mass is 287 g/mol. The summed E-state index contributed by atoms with van der Waals surface area (Å²) >= 11 is 0. The lowest BCUT2D eigenvalue weighted by Crippen LogP contribution is -2.51. The molecule has 2 aliphatic rings. The van der Waals surface area contributed by atoms with Crippen LogP contribution in [0, 0.1) is 0 Å². The van der Waals surface area contributed by atoms with Crippen molar-refractivity contribution in [2.24, 2.45) is 0 Å². The number of carbonyl (C=O) groups is 2. The summed E-state index contributed by atoms with van der Waals surface area (Å²) in [5.74, 6) is -0.0442. The SMILES string of the molecule is O=C1C[C@H](N2CCNCC2)C(=O)N1CCc1ccccc1. The summed E-state index contributed by atoms with van der Waals surface area (Å²) in [4.78, 5) is 28.2.